The molecule has 0 aliphatic carbocycles. The Morgan fingerprint density at radius 1 is 0.549 bits per heavy atom. The molecule has 0 saturated carbocycles. The van der Waals surface area contributed by atoms with Gasteiger partial charge in [0.2, 0.25) is 0 Å². The third-order valence-corrected chi connectivity index (χ3v) is 8.17. The van der Waals surface area contributed by atoms with E-state index in [1.54, 1.807) is 12.1 Å². The van der Waals surface area contributed by atoms with Crippen molar-refractivity contribution in [3.8, 4) is 0 Å². The van der Waals surface area contributed by atoms with Crippen molar-refractivity contribution in [1.29, 1.82) is 0 Å². The van der Waals surface area contributed by atoms with E-state index in [0.717, 1.165) is 5.56 Å². The van der Waals surface area contributed by atoms with Crippen molar-refractivity contribution in [2.45, 2.75) is 17.4 Å². The molecule has 0 fully saturated rings. The van der Waals surface area contributed by atoms with Crippen molar-refractivity contribution in [3.63, 3.8) is 0 Å². The molecule has 8 rings (SSSR count). The fourth-order valence-corrected chi connectivity index (χ4v) is 5.55. The summed E-state index contributed by atoms with van der Waals surface area (Å²) < 4.78 is 33.5. The van der Waals surface area contributed by atoms with Gasteiger partial charge in [-0.25, -0.2) is 79.7 Å². The second kappa shape index (κ2) is 24.2. The molecule has 0 amide bonds. The molecule has 0 N–H and O–H groups in total. The van der Waals surface area contributed by atoms with Crippen molar-refractivity contribution in [2.24, 2.45) is 0 Å². The molecule has 0 aliphatic rings. The normalized spacial score (nSPS) is 9.84. The molecule has 0 atom stereocenters. The van der Waals surface area contributed by atoms with Crippen molar-refractivity contribution in [2.75, 3.05) is 0 Å². The van der Waals surface area contributed by atoms with E-state index in [1.165, 1.54) is 28.8 Å². The zero-order chi connectivity index (χ0) is 33.9. The average molecular weight is 817 g/mol. The minimum absolute atomic E-state index is 0. The summed E-state index contributed by atoms with van der Waals surface area (Å²) in [6, 6.07) is 67.9. The van der Waals surface area contributed by atoms with E-state index in [-0.39, 0.29) is 61.6 Å². The van der Waals surface area contributed by atoms with Crippen LogP contribution in [-0.4, -0.2) is 13.0 Å². The molecule has 51 heavy (non-hydrogen) atoms. The first kappa shape index (κ1) is 45.0. The summed E-state index contributed by atoms with van der Waals surface area (Å²) >= 11 is 0. The summed E-state index contributed by atoms with van der Waals surface area (Å²) in [6.07, 6.45) is 4.29. The molecular weight excluding hydrogens is 778 g/mol. The summed E-state index contributed by atoms with van der Waals surface area (Å²) in [5, 5.41) is 0. The number of hydrogen-bond donors (Lipinski definition) is 0. The van der Waals surface area contributed by atoms with Crippen molar-refractivity contribution >= 4 is 10.1 Å². The van der Waals surface area contributed by atoms with E-state index in [4.69, 9.17) is 0 Å². The van der Waals surface area contributed by atoms with E-state index in [9.17, 15) is 13.0 Å². The van der Waals surface area contributed by atoms with Crippen LogP contribution in [-0.2, 0) is 66.9 Å². The minimum Gasteiger partial charge on any atom is -0.744 e. The van der Waals surface area contributed by atoms with Crippen LogP contribution in [0.4, 0.5) is 0 Å². The van der Waals surface area contributed by atoms with Crippen LogP contribution >= 0.6 is 0 Å². The average Bonchev–Trinajstić information content (AvgIpc) is 3.98. The summed E-state index contributed by atoms with van der Waals surface area (Å²) in [5.74, 6) is 0. The maximum Gasteiger partial charge on any atom is 2.00 e. The summed E-state index contributed by atoms with van der Waals surface area (Å²) in [6.45, 7) is 1.82. The van der Waals surface area contributed by atoms with Gasteiger partial charge in [-0.05, 0) is 19.1 Å². The van der Waals surface area contributed by atoms with Crippen LogP contribution in [0.1, 0.15) is 22.3 Å². The molecule has 0 spiro atoms. The Hall–Kier alpha value is -4.06. The Bertz CT molecular complexity index is 1770. The molecule has 0 aliphatic heterocycles. The quantitative estimate of drug-likeness (QED) is 0.0755. The van der Waals surface area contributed by atoms with Crippen LogP contribution in [0.5, 0.6) is 0 Å². The number of pyridine rings is 1. The van der Waals surface area contributed by atoms with Gasteiger partial charge in [0.05, 0.1) is 4.90 Å². The van der Waals surface area contributed by atoms with Crippen LogP contribution in [0.25, 0.3) is 0 Å². The number of aromatic nitrogens is 1. The fourth-order valence-electron chi connectivity index (χ4n) is 5.08. The molecule has 1 heterocycles. The first-order valence-corrected chi connectivity index (χ1v) is 17.0. The Morgan fingerprint density at radius 2 is 0.961 bits per heavy atom. The van der Waals surface area contributed by atoms with Gasteiger partial charge in [-0.1, -0.05) is 23.8 Å². The van der Waals surface area contributed by atoms with Gasteiger partial charge in [-0.3, -0.25) is 0 Å². The van der Waals surface area contributed by atoms with Gasteiger partial charge in [-0.15, -0.1) is 16.7 Å². The number of rotatable bonds is 5. The molecule has 1 aromatic heterocycles. The Labute approximate surface area is 334 Å². The zero-order valence-corrected chi connectivity index (χ0v) is 32.1. The van der Waals surface area contributed by atoms with Crippen LogP contribution < -0.4 is 4.57 Å². The number of benzene rings is 1. The number of hydrogen-bond acceptors (Lipinski definition) is 3. The second-order valence-corrected chi connectivity index (χ2v) is 12.0. The molecule has 264 valence electrons. The standard InChI is InChI=1S/C21H17N.C7H8O3S.3C5H5.3Fe/c1-8-16-22(17-9-1)21(18-10-2-3-11-18,19-12-4-5-13-19)20-14-6-7-15-20;1-6-2-4-7(5-3-6)11(8,9)10;3*1-2-4-5-3-1;;;/h1-17H;2-5H,1H3,(H,8,9,10);3*1-5H;;;/q-2;;3*-1;3*+2/p-1. The molecular formula is C43H39Fe3NO3S. The van der Waals surface area contributed by atoms with Crippen LogP contribution in [0, 0.1) is 6.92 Å². The van der Waals surface area contributed by atoms with E-state index in [2.05, 4.69) is 108 Å². The molecule has 0 radical (unpaired) electrons. The van der Waals surface area contributed by atoms with E-state index < -0.39 is 10.1 Å². The third-order valence-electron chi connectivity index (χ3n) is 7.32. The molecule has 8 aromatic rings. The van der Waals surface area contributed by atoms with Crippen molar-refractivity contribution < 1.29 is 68.7 Å². The summed E-state index contributed by atoms with van der Waals surface area (Å²) in [5.41, 5.74) is 4.44. The van der Waals surface area contributed by atoms with Crippen LogP contribution in [0.15, 0.2) is 224 Å². The summed E-state index contributed by atoms with van der Waals surface area (Å²) in [4.78, 5) is -0.178. The predicted octanol–water partition coefficient (Wildman–Crippen LogP) is 9.08. The molecule has 0 bridgehead atoms. The van der Waals surface area contributed by atoms with E-state index >= 15 is 0 Å². The number of nitrogens with zero attached hydrogens (tertiary/aromatic N) is 1. The van der Waals surface area contributed by atoms with Crippen LogP contribution in [0.2, 0.25) is 0 Å². The largest absolute Gasteiger partial charge is 2.00 e. The van der Waals surface area contributed by atoms with Gasteiger partial charge in [0.25, 0.3) is 0 Å². The SMILES string of the molecule is Cc1ccc(S(=O)(=O)[O-])cc1.[Fe+2].[Fe+2].[Fe+2].c1cc[cH-]c1.c1cc[cH-]c1.c1cc[cH-]c1.c1cc[n+](C(c2cc[cH-]c2)([c-]2cccc2)[c-]2cccc2)cc1. The molecule has 4 nitrogen and oxygen atoms in total. The van der Waals surface area contributed by atoms with Gasteiger partial charge in [0.15, 0.2) is 12.4 Å². The van der Waals surface area contributed by atoms with Crippen molar-refractivity contribution in [1.82, 2.24) is 0 Å². The van der Waals surface area contributed by atoms with Gasteiger partial charge in [0, 0.05) is 12.1 Å². The molecule has 8 heteroatoms. The third kappa shape index (κ3) is 13.9. The molecule has 7 aromatic carbocycles. The first-order valence-electron chi connectivity index (χ1n) is 15.6. The smallest absolute Gasteiger partial charge is 0.744 e. The molecule has 0 unspecified atom stereocenters. The van der Waals surface area contributed by atoms with Gasteiger partial charge >= 0.3 is 51.2 Å². The zero-order valence-electron chi connectivity index (χ0n) is 27.9. The van der Waals surface area contributed by atoms with E-state index in [1.807, 2.05) is 97.9 Å². The second-order valence-electron chi connectivity index (χ2n) is 10.7. The topological polar surface area (TPSA) is 61.1 Å². The minimum atomic E-state index is -4.27. The van der Waals surface area contributed by atoms with Crippen LogP contribution in [0.3, 0.4) is 0 Å². The maximum atomic E-state index is 10.4. The number of aryl methyl sites for hydroxylation is 1. The van der Waals surface area contributed by atoms with Gasteiger partial charge in [-0.2, -0.15) is 97.1 Å². The fraction of sp³-hybridized carbons (Fsp3) is 0.0465. The summed E-state index contributed by atoms with van der Waals surface area (Å²) in [7, 11) is -4.27. The van der Waals surface area contributed by atoms with E-state index in [0.29, 0.717) is 0 Å². The van der Waals surface area contributed by atoms with Gasteiger partial charge in [0.1, 0.15) is 15.7 Å². The Kier molecular flexibility index (Phi) is 21.3. The molecule has 0 saturated heterocycles. The monoisotopic (exact) mass is 817 g/mol. The Morgan fingerprint density at radius 3 is 1.27 bits per heavy atom. The Balaban J connectivity index is 0.000000373. The van der Waals surface area contributed by atoms with Crippen molar-refractivity contribution in [3.05, 3.63) is 241 Å². The van der Waals surface area contributed by atoms with Gasteiger partial charge < -0.3 is 4.55 Å². The predicted molar refractivity (Wildman–Crippen MR) is 193 cm³/mol. The first-order chi connectivity index (χ1) is 23.4. The maximum absolute atomic E-state index is 10.4.